The first-order chi connectivity index (χ1) is 8.65. The molecule has 0 spiro atoms. The van der Waals surface area contributed by atoms with E-state index in [-0.39, 0.29) is 5.69 Å². The van der Waals surface area contributed by atoms with Gasteiger partial charge in [-0.15, -0.1) is 0 Å². The van der Waals surface area contributed by atoms with Gasteiger partial charge < -0.3 is 15.0 Å². The lowest BCUT2D eigenvalue weighted by Crippen LogP contribution is -2.09. The average Bonchev–Trinajstić information content (AvgIpc) is 2.78. The van der Waals surface area contributed by atoms with Crippen LogP contribution in [0.1, 0.15) is 16.2 Å². The molecule has 0 fully saturated rings. The third kappa shape index (κ3) is 3.07. The molecule has 0 aliphatic rings. The second-order valence-electron chi connectivity index (χ2n) is 3.91. The number of carboxylic acid groups (broad SMARTS) is 1. The van der Waals surface area contributed by atoms with Crippen LogP contribution >= 0.6 is 0 Å². The standard InChI is InChI=1S/C12H14N4O2/c1-9-6-10(2-3-13-9)14-4-5-16-7-11(12(17)18)15-8-16/h2-3,6-8H,4-5H2,1H3,(H,13,14)(H,17,18). The molecule has 0 atom stereocenters. The Morgan fingerprint density at radius 2 is 2.33 bits per heavy atom. The molecule has 94 valence electrons. The van der Waals surface area contributed by atoms with E-state index in [1.165, 1.54) is 12.5 Å². The number of aryl methyl sites for hydroxylation is 1. The Labute approximate surface area is 104 Å². The molecule has 6 nitrogen and oxygen atoms in total. The van der Waals surface area contributed by atoms with Crippen LogP contribution in [0, 0.1) is 6.92 Å². The first-order valence-electron chi connectivity index (χ1n) is 5.57. The fourth-order valence-corrected chi connectivity index (χ4v) is 1.58. The summed E-state index contributed by atoms with van der Waals surface area (Å²) in [5.74, 6) is -1.01. The van der Waals surface area contributed by atoms with Gasteiger partial charge in [-0.25, -0.2) is 9.78 Å². The Hall–Kier alpha value is -2.37. The second-order valence-corrected chi connectivity index (χ2v) is 3.91. The first-order valence-corrected chi connectivity index (χ1v) is 5.57. The SMILES string of the molecule is Cc1cc(NCCn2cnc(C(=O)O)c2)ccn1. The number of rotatable bonds is 5. The highest BCUT2D eigenvalue weighted by atomic mass is 16.4. The van der Waals surface area contributed by atoms with Crippen LogP contribution in [0.3, 0.4) is 0 Å². The molecule has 18 heavy (non-hydrogen) atoms. The number of pyridine rings is 1. The zero-order valence-corrected chi connectivity index (χ0v) is 10.00. The molecule has 0 radical (unpaired) electrons. The largest absolute Gasteiger partial charge is 0.476 e. The molecule has 2 heterocycles. The van der Waals surface area contributed by atoms with Gasteiger partial charge in [0.25, 0.3) is 0 Å². The highest BCUT2D eigenvalue weighted by Gasteiger charge is 2.05. The molecule has 0 aliphatic heterocycles. The Kier molecular flexibility index (Phi) is 3.57. The smallest absolute Gasteiger partial charge is 0.356 e. The maximum Gasteiger partial charge on any atom is 0.356 e. The van der Waals surface area contributed by atoms with Crippen molar-refractivity contribution in [1.29, 1.82) is 0 Å². The molecule has 0 saturated carbocycles. The first kappa shape index (κ1) is 12.1. The summed E-state index contributed by atoms with van der Waals surface area (Å²) in [6.07, 6.45) is 4.78. The van der Waals surface area contributed by atoms with Crippen molar-refractivity contribution >= 4 is 11.7 Å². The normalized spacial score (nSPS) is 10.3. The zero-order valence-electron chi connectivity index (χ0n) is 10.00. The number of imidazole rings is 1. The van der Waals surface area contributed by atoms with Crippen molar-refractivity contribution in [2.24, 2.45) is 0 Å². The number of nitrogens with one attached hydrogen (secondary N) is 1. The van der Waals surface area contributed by atoms with Crippen molar-refractivity contribution < 1.29 is 9.90 Å². The Balaban J connectivity index is 1.86. The summed E-state index contributed by atoms with van der Waals surface area (Å²) in [5.41, 5.74) is 2.02. The highest BCUT2D eigenvalue weighted by molar-refractivity contribution is 5.84. The summed E-state index contributed by atoms with van der Waals surface area (Å²) in [6, 6.07) is 3.85. The number of aromatic carboxylic acids is 1. The third-order valence-electron chi connectivity index (χ3n) is 2.45. The van der Waals surface area contributed by atoms with Gasteiger partial charge >= 0.3 is 5.97 Å². The molecule has 0 amide bonds. The van der Waals surface area contributed by atoms with Crippen molar-refractivity contribution in [1.82, 2.24) is 14.5 Å². The zero-order chi connectivity index (χ0) is 13.0. The van der Waals surface area contributed by atoms with Crippen LogP contribution in [-0.2, 0) is 6.54 Å². The minimum atomic E-state index is -1.01. The Bertz CT molecular complexity index is 551. The minimum absolute atomic E-state index is 0.0646. The van der Waals surface area contributed by atoms with Gasteiger partial charge in [0.15, 0.2) is 5.69 Å². The molecular formula is C12H14N4O2. The lowest BCUT2D eigenvalue weighted by atomic mass is 10.3. The van der Waals surface area contributed by atoms with Gasteiger partial charge in [-0.2, -0.15) is 0 Å². The Morgan fingerprint density at radius 3 is 3.00 bits per heavy atom. The molecule has 0 bridgehead atoms. The number of nitrogens with zero attached hydrogens (tertiary/aromatic N) is 3. The molecule has 6 heteroatoms. The van der Waals surface area contributed by atoms with Gasteiger partial charge in [0.2, 0.25) is 0 Å². The summed E-state index contributed by atoms with van der Waals surface area (Å²) in [6.45, 7) is 3.28. The van der Waals surface area contributed by atoms with E-state index in [1.807, 2.05) is 19.1 Å². The fourth-order valence-electron chi connectivity index (χ4n) is 1.58. The van der Waals surface area contributed by atoms with E-state index in [0.29, 0.717) is 13.1 Å². The van der Waals surface area contributed by atoms with E-state index in [9.17, 15) is 4.79 Å². The lowest BCUT2D eigenvalue weighted by molar-refractivity contribution is 0.0691. The number of hydrogen-bond donors (Lipinski definition) is 2. The molecule has 0 aliphatic carbocycles. The summed E-state index contributed by atoms with van der Waals surface area (Å²) in [5, 5.41) is 12.0. The number of aromatic nitrogens is 3. The van der Waals surface area contributed by atoms with Crippen LogP contribution in [0.5, 0.6) is 0 Å². The summed E-state index contributed by atoms with van der Waals surface area (Å²) in [4.78, 5) is 18.5. The van der Waals surface area contributed by atoms with Crippen molar-refractivity contribution in [3.8, 4) is 0 Å². The number of carbonyl (C=O) groups is 1. The van der Waals surface area contributed by atoms with Crippen molar-refractivity contribution in [2.75, 3.05) is 11.9 Å². The maximum atomic E-state index is 10.6. The van der Waals surface area contributed by atoms with E-state index in [0.717, 1.165) is 11.4 Å². The van der Waals surface area contributed by atoms with Crippen LogP contribution in [0.15, 0.2) is 30.9 Å². The van der Waals surface area contributed by atoms with E-state index in [4.69, 9.17) is 5.11 Å². The van der Waals surface area contributed by atoms with Crippen molar-refractivity contribution in [2.45, 2.75) is 13.5 Å². The number of hydrogen-bond acceptors (Lipinski definition) is 4. The average molecular weight is 246 g/mol. The van der Waals surface area contributed by atoms with E-state index in [2.05, 4.69) is 15.3 Å². The van der Waals surface area contributed by atoms with E-state index in [1.54, 1.807) is 10.8 Å². The highest BCUT2D eigenvalue weighted by Crippen LogP contribution is 2.06. The van der Waals surface area contributed by atoms with E-state index >= 15 is 0 Å². The van der Waals surface area contributed by atoms with Crippen LogP contribution < -0.4 is 5.32 Å². The van der Waals surface area contributed by atoms with Gasteiger partial charge in [-0.05, 0) is 19.1 Å². The fraction of sp³-hybridized carbons (Fsp3) is 0.250. The van der Waals surface area contributed by atoms with Gasteiger partial charge in [0.05, 0.1) is 6.33 Å². The quantitative estimate of drug-likeness (QED) is 0.833. The van der Waals surface area contributed by atoms with Crippen LogP contribution in [-0.4, -0.2) is 32.2 Å². The van der Waals surface area contributed by atoms with Gasteiger partial charge in [0.1, 0.15) is 0 Å². The summed E-state index contributed by atoms with van der Waals surface area (Å²) >= 11 is 0. The van der Waals surface area contributed by atoms with Crippen molar-refractivity contribution in [3.63, 3.8) is 0 Å². The molecule has 0 aromatic carbocycles. The topological polar surface area (TPSA) is 80.0 Å². The predicted molar refractivity (Wildman–Crippen MR) is 66.7 cm³/mol. The molecule has 0 saturated heterocycles. The van der Waals surface area contributed by atoms with Crippen molar-refractivity contribution in [3.05, 3.63) is 42.2 Å². The molecule has 2 rings (SSSR count). The number of carboxylic acids is 1. The second kappa shape index (κ2) is 5.31. The van der Waals surface area contributed by atoms with Crippen LogP contribution in [0.25, 0.3) is 0 Å². The summed E-state index contributed by atoms with van der Waals surface area (Å²) in [7, 11) is 0. The van der Waals surface area contributed by atoms with E-state index < -0.39 is 5.97 Å². The van der Waals surface area contributed by atoms with Gasteiger partial charge in [0, 0.05) is 36.9 Å². The van der Waals surface area contributed by atoms with Crippen LogP contribution in [0.2, 0.25) is 0 Å². The molecule has 2 N–H and O–H groups in total. The monoisotopic (exact) mass is 246 g/mol. The van der Waals surface area contributed by atoms with Crippen LogP contribution in [0.4, 0.5) is 5.69 Å². The van der Waals surface area contributed by atoms with Gasteiger partial charge in [-0.1, -0.05) is 0 Å². The molecule has 0 unspecified atom stereocenters. The Morgan fingerprint density at radius 1 is 1.50 bits per heavy atom. The molecule has 2 aromatic rings. The minimum Gasteiger partial charge on any atom is -0.476 e. The summed E-state index contributed by atoms with van der Waals surface area (Å²) < 4.78 is 1.74. The third-order valence-corrected chi connectivity index (χ3v) is 2.45. The lowest BCUT2D eigenvalue weighted by Gasteiger charge is -2.06. The molecular weight excluding hydrogens is 232 g/mol. The number of anilines is 1. The maximum absolute atomic E-state index is 10.6. The molecule has 2 aromatic heterocycles. The van der Waals surface area contributed by atoms with Gasteiger partial charge in [-0.3, -0.25) is 4.98 Å². The predicted octanol–water partition coefficient (Wildman–Crippen LogP) is 1.40.